The Labute approximate surface area is 715 Å². The number of fused-ring (bicyclic) bond motifs is 12. The van der Waals surface area contributed by atoms with Crippen molar-refractivity contribution in [3.8, 4) is 132 Å². The zero-order valence-corrected chi connectivity index (χ0v) is 68.1. The van der Waals surface area contributed by atoms with Gasteiger partial charge in [0.05, 0.1) is 22.4 Å². The van der Waals surface area contributed by atoms with Crippen molar-refractivity contribution < 1.29 is 0 Å². The smallest absolute Gasteiger partial charge is 0.0803 e. The van der Waals surface area contributed by atoms with Crippen LogP contribution in [0.5, 0.6) is 0 Å². The van der Waals surface area contributed by atoms with Crippen molar-refractivity contribution in [2.24, 2.45) is 0 Å². The summed E-state index contributed by atoms with van der Waals surface area (Å²) in [5, 5.41) is 19.7. The third kappa shape index (κ3) is 12.6. The van der Waals surface area contributed by atoms with Gasteiger partial charge in [0.2, 0.25) is 0 Å². The lowest BCUT2D eigenvalue weighted by atomic mass is 9.84. The highest BCUT2D eigenvalue weighted by Crippen LogP contribution is 2.54. The summed E-state index contributed by atoms with van der Waals surface area (Å²) < 4.78 is 2.53. The zero-order chi connectivity index (χ0) is 80.6. The molecule has 0 unspecified atom stereocenters. The Bertz CT molecular complexity index is 8130. The molecule has 0 saturated heterocycles. The summed E-state index contributed by atoms with van der Waals surface area (Å²) in [6.07, 6.45) is 0. The molecular formula is C118H74N2S2. The molecule has 2 nitrogen and oxygen atoms in total. The molecule has 20 aromatic carbocycles. The molecule has 0 N–H and O–H groups in total. The molecule has 122 heavy (non-hydrogen) atoms. The number of para-hydroxylation sites is 2. The Morgan fingerprint density at radius 3 is 0.795 bits per heavy atom. The third-order valence-electron chi connectivity index (χ3n) is 24.5. The monoisotopic (exact) mass is 1580 g/mol. The minimum absolute atomic E-state index is 1.00. The van der Waals surface area contributed by atoms with Gasteiger partial charge >= 0.3 is 0 Å². The SMILES string of the molecule is c1ccc(-c2ccc(-c3c4ccccc4c(-c4ccc(-c5nc6ccccc6c6sc(-c7ccccc7)c(-c7ccccc7)c56)cc4)c4ccccc34)cc2)cc1.c1ccc(-c2sc3c(c(-c4ccc(-c5ccc6c(-c7ccc8ccccc8c7)c7ccccc7c(-c7ccc8ccccc8c7)c6c5)cc4)nc4ccccc43)c2-c2ccccc2)cc1. The lowest BCUT2D eigenvalue weighted by Gasteiger charge is -2.19. The van der Waals surface area contributed by atoms with Crippen molar-refractivity contribution in [1.29, 1.82) is 0 Å². The third-order valence-corrected chi connectivity index (χ3v) is 27.0. The highest BCUT2D eigenvalue weighted by atomic mass is 32.1. The maximum atomic E-state index is 5.47. The van der Waals surface area contributed by atoms with Gasteiger partial charge in [-0.3, -0.25) is 0 Å². The standard InChI is InChI=1S/C63H39NS.C55H35NS/c1-3-17-43(18-4-1)59-60-61(64-56-26-14-13-25-54(56)63(60)65-62(59)45-19-5-2-6-20-45)44-31-27-42(28-32-44)48-35-36-53-55(39-48)58(50-34-30-41-16-8-10-22-47(41)38-50)52-24-12-11-23-51(52)57(53)49-33-29-40-15-7-9-21-46(40)37-49;1-4-16-36(17-5-1)37-28-30-39(31-29-37)49-43-22-10-12-24-45(43)50(46-25-13-11-23-44(46)49)40-32-34-41(35-33-40)53-52-51(38-18-6-2-7-19-38)54(42-20-8-3-9-21-42)57-55(52)47-26-14-15-27-48(47)56-53/h1-39H;1-35H. The molecule has 4 aromatic heterocycles. The van der Waals surface area contributed by atoms with Crippen LogP contribution < -0.4 is 0 Å². The number of hydrogen-bond donors (Lipinski definition) is 0. The van der Waals surface area contributed by atoms with Crippen LogP contribution in [0.3, 0.4) is 0 Å². The lowest BCUT2D eigenvalue weighted by molar-refractivity contribution is 1.43. The molecule has 0 aliphatic carbocycles. The number of nitrogens with zero attached hydrogens (tertiary/aromatic N) is 2. The molecule has 4 heterocycles. The fraction of sp³-hybridized carbons (Fsp3) is 0. The number of thiophene rings is 2. The highest BCUT2D eigenvalue weighted by molar-refractivity contribution is 7.24. The molecular weight excluding hydrogens is 1510 g/mol. The summed E-state index contributed by atoms with van der Waals surface area (Å²) in [6.45, 7) is 0. The molecule has 0 fully saturated rings. The van der Waals surface area contributed by atoms with E-state index in [9.17, 15) is 0 Å². The molecule has 0 atom stereocenters. The van der Waals surface area contributed by atoms with E-state index < -0.39 is 0 Å². The summed E-state index contributed by atoms with van der Waals surface area (Å²) in [4.78, 5) is 13.4. The first-order valence-electron chi connectivity index (χ1n) is 41.7. The molecule has 568 valence electrons. The van der Waals surface area contributed by atoms with Crippen molar-refractivity contribution in [3.05, 3.63) is 449 Å². The first-order valence-corrected chi connectivity index (χ1v) is 43.4. The summed E-state index contributed by atoms with van der Waals surface area (Å²) in [5.74, 6) is 0. The largest absolute Gasteiger partial charge is 0.247 e. The van der Waals surface area contributed by atoms with Crippen molar-refractivity contribution in [3.63, 3.8) is 0 Å². The average Bonchev–Trinajstić information content (AvgIpc) is 0.975. The molecule has 24 rings (SSSR count). The van der Waals surface area contributed by atoms with E-state index in [0.717, 1.165) is 39.1 Å². The minimum atomic E-state index is 1.00. The maximum Gasteiger partial charge on any atom is 0.0803 e. The number of hydrogen-bond acceptors (Lipinski definition) is 4. The average molecular weight is 1580 g/mol. The number of pyridine rings is 2. The first kappa shape index (κ1) is 72.0. The molecule has 0 aliphatic rings. The summed E-state index contributed by atoms with van der Waals surface area (Å²) in [7, 11) is 0. The van der Waals surface area contributed by atoms with Crippen LogP contribution in [-0.4, -0.2) is 9.97 Å². The van der Waals surface area contributed by atoms with E-state index in [2.05, 4.69) is 449 Å². The van der Waals surface area contributed by atoms with Gasteiger partial charge in [-0.15, -0.1) is 22.7 Å². The van der Waals surface area contributed by atoms with Crippen LogP contribution in [0, 0.1) is 0 Å². The molecule has 24 aromatic rings. The van der Waals surface area contributed by atoms with E-state index in [4.69, 9.17) is 9.97 Å². The topological polar surface area (TPSA) is 25.8 Å². The molecule has 0 aliphatic heterocycles. The van der Waals surface area contributed by atoms with Crippen LogP contribution in [0.25, 0.3) is 239 Å². The van der Waals surface area contributed by atoms with Gasteiger partial charge in [-0.05, 0) is 184 Å². The molecule has 0 bridgehead atoms. The molecule has 0 spiro atoms. The van der Waals surface area contributed by atoms with E-state index in [0.29, 0.717) is 0 Å². The van der Waals surface area contributed by atoms with Gasteiger partial charge in [-0.1, -0.05) is 419 Å². The number of aromatic nitrogens is 2. The second kappa shape index (κ2) is 30.6. The van der Waals surface area contributed by atoms with Crippen molar-refractivity contribution in [2.45, 2.75) is 0 Å². The van der Waals surface area contributed by atoms with Crippen molar-refractivity contribution in [2.75, 3.05) is 0 Å². The lowest BCUT2D eigenvalue weighted by Crippen LogP contribution is -1.92. The van der Waals surface area contributed by atoms with Crippen LogP contribution in [0.15, 0.2) is 449 Å². The van der Waals surface area contributed by atoms with Gasteiger partial charge in [0.15, 0.2) is 0 Å². The molecule has 0 amide bonds. The van der Waals surface area contributed by atoms with E-state index in [1.54, 1.807) is 0 Å². The summed E-state index contributed by atoms with van der Waals surface area (Å²) >= 11 is 3.74. The molecule has 0 saturated carbocycles. The van der Waals surface area contributed by atoms with Crippen LogP contribution in [-0.2, 0) is 0 Å². The van der Waals surface area contributed by atoms with Gasteiger partial charge < -0.3 is 0 Å². The van der Waals surface area contributed by atoms with Crippen molar-refractivity contribution >= 4 is 129 Å². The van der Waals surface area contributed by atoms with Gasteiger partial charge in [0.25, 0.3) is 0 Å². The normalized spacial score (nSPS) is 11.6. The zero-order valence-electron chi connectivity index (χ0n) is 66.4. The number of benzene rings is 20. The Morgan fingerprint density at radius 1 is 0.148 bits per heavy atom. The Kier molecular flexibility index (Phi) is 18.0. The van der Waals surface area contributed by atoms with E-state index in [1.807, 2.05) is 22.7 Å². The number of rotatable bonds is 12. The Hall–Kier alpha value is -15.3. The van der Waals surface area contributed by atoms with Gasteiger partial charge in [0.1, 0.15) is 0 Å². The van der Waals surface area contributed by atoms with Crippen LogP contribution in [0.4, 0.5) is 0 Å². The Morgan fingerprint density at radius 2 is 0.402 bits per heavy atom. The first-order chi connectivity index (χ1) is 60.5. The highest BCUT2D eigenvalue weighted by Gasteiger charge is 2.27. The van der Waals surface area contributed by atoms with E-state index >= 15 is 0 Å². The minimum Gasteiger partial charge on any atom is -0.247 e. The van der Waals surface area contributed by atoms with Crippen LogP contribution in [0.1, 0.15) is 0 Å². The molecule has 0 radical (unpaired) electrons. The van der Waals surface area contributed by atoms with Crippen LogP contribution in [0.2, 0.25) is 0 Å². The van der Waals surface area contributed by atoms with E-state index in [1.165, 1.54) is 200 Å². The van der Waals surface area contributed by atoms with Crippen LogP contribution >= 0.6 is 22.7 Å². The van der Waals surface area contributed by atoms with Gasteiger partial charge in [-0.25, -0.2) is 9.97 Å². The fourth-order valence-corrected chi connectivity index (χ4v) is 21.6. The summed E-state index contributed by atoms with van der Waals surface area (Å²) in [6, 6.07) is 163. The predicted molar refractivity (Wildman–Crippen MR) is 525 cm³/mol. The molecule has 4 heteroatoms. The fourth-order valence-electron chi connectivity index (χ4n) is 18.8. The quantitative estimate of drug-likeness (QED) is 0.114. The second-order valence-corrected chi connectivity index (χ2v) is 33.6. The van der Waals surface area contributed by atoms with E-state index in [-0.39, 0.29) is 0 Å². The second-order valence-electron chi connectivity index (χ2n) is 31.6. The van der Waals surface area contributed by atoms with Crippen molar-refractivity contribution in [1.82, 2.24) is 9.97 Å². The van der Waals surface area contributed by atoms with Gasteiger partial charge in [-0.2, -0.15) is 0 Å². The maximum absolute atomic E-state index is 5.47. The predicted octanol–water partition coefficient (Wildman–Crippen LogP) is 33.8. The Balaban J connectivity index is 0.000000143. The van der Waals surface area contributed by atoms with Gasteiger partial charge in [0, 0.05) is 63.0 Å². The summed E-state index contributed by atoms with van der Waals surface area (Å²) in [5.41, 5.74) is 28.2.